The van der Waals surface area contributed by atoms with Crippen LogP contribution in [-0.4, -0.2) is 29.3 Å². The smallest absolute Gasteiger partial charge is 0.133 e. The third-order valence-electron chi connectivity index (χ3n) is 3.01. The van der Waals surface area contributed by atoms with Gasteiger partial charge < -0.3 is 0 Å². The van der Waals surface area contributed by atoms with E-state index in [9.17, 15) is 4.79 Å². The van der Waals surface area contributed by atoms with Gasteiger partial charge in [-0.05, 0) is 33.2 Å². The predicted molar refractivity (Wildman–Crippen MR) is 54.8 cm³/mol. The molecule has 13 heavy (non-hydrogen) atoms. The van der Waals surface area contributed by atoms with Crippen molar-refractivity contribution in [3.8, 4) is 0 Å². The quantitative estimate of drug-likeness (QED) is 0.668. The van der Waals surface area contributed by atoms with Crippen LogP contribution in [0.5, 0.6) is 0 Å². The maximum absolute atomic E-state index is 11.1. The van der Waals surface area contributed by atoms with Crippen molar-refractivity contribution in [2.24, 2.45) is 0 Å². The van der Waals surface area contributed by atoms with Gasteiger partial charge in [0.25, 0.3) is 0 Å². The van der Waals surface area contributed by atoms with Crippen molar-refractivity contribution in [1.29, 1.82) is 0 Å². The summed E-state index contributed by atoms with van der Waals surface area (Å²) in [5.41, 5.74) is 0. The molecule has 0 saturated heterocycles. The van der Waals surface area contributed by atoms with Gasteiger partial charge in [-0.2, -0.15) is 0 Å². The molecule has 0 aromatic heterocycles. The third kappa shape index (κ3) is 2.80. The predicted octanol–water partition coefficient (Wildman–Crippen LogP) is 2.23. The molecule has 0 spiro atoms. The van der Waals surface area contributed by atoms with Crippen molar-refractivity contribution < 1.29 is 4.79 Å². The van der Waals surface area contributed by atoms with E-state index >= 15 is 0 Å². The first-order valence-corrected chi connectivity index (χ1v) is 5.42. The molecule has 1 aliphatic carbocycles. The fourth-order valence-electron chi connectivity index (χ4n) is 2.30. The van der Waals surface area contributed by atoms with Crippen LogP contribution in [0.1, 0.15) is 46.5 Å². The Kier molecular flexibility index (Phi) is 3.91. The minimum absolute atomic E-state index is 0.455. The minimum atomic E-state index is 0.455. The Hall–Kier alpha value is -0.370. The van der Waals surface area contributed by atoms with Gasteiger partial charge in [-0.25, -0.2) is 0 Å². The molecule has 0 aromatic rings. The third-order valence-corrected chi connectivity index (χ3v) is 3.01. The van der Waals surface area contributed by atoms with Crippen LogP contribution in [-0.2, 0) is 4.79 Å². The lowest BCUT2D eigenvalue weighted by atomic mass is 9.92. The van der Waals surface area contributed by atoms with E-state index in [2.05, 4.69) is 25.7 Å². The Balaban J connectivity index is 2.46. The molecule has 0 atom stereocenters. The van der Waals surface area contributed by atoms with Crippen LogP contribution in [0.15, 0.2) is 0 Å². The number of carbonyl (C=O) groups is 1. The molecule has 0 radical (unpaired) electrons. The molecular weight excluding hydrogens is 162 g/mol. The number of hydrogen-bond acceptors (Lipinski definition) is 2. The van der Waals surface area contributed by atoms with Gasteiger partial charge in [0.1, 0.15) is 5.78 Å². The molecule has 0 unspecified atom stereocenters. The molecule has 0 aliphatic heterocycles. The van der Waals surface area contributed by atoms with Gasteiger partial charge in [-0.3, -0.25) is 9.69 Å². The second-order valence-electron chi connectivity index (χ2n) is 4.19. The van der Waals surface area contributed by atoms with E-state index in [0.717, 1.165) is 32.2 Å². The Bertz CT molecular complexity index is 167. The minimum Gasteiger partial charge on any atom is -0.300 e. The Morgan fingerprint density at radius 3 is 2.31 bits per heavy atom. The van der Waals surface area contributed by atoms with E-state index in [1.165, 1.54) is 0 Å². The van der Waals surface area contributed by atoms with E-state index in [1.807, 2.05) is 0 Å². The van der Waals surface area contributed by atoms with Crippen molar-refractivity contribution in [3.63, 3.8) is 0 Å². The average Bonchev–Trinajstić information content (AvgIpc) is 2.09. The number of ketones is 1. The molecule has 1 fully saturated rings. The van der Waals surface area contributed by atoms with Gasteiger partial charge in [0.2, 0.25) is 0 Å². The highest BCUT2D eigenvalue weighted by atomic mass is 16.1. The highest BCUT2D eigenvalue weighted by Gasteiger charge is 2.24. The lowest BCUT2D eigenvalue weighted by Gasteiger charge is -2.36. The van der Waals surface area contributed by atoms with Crippen LogP contribution in [0.2, 0.25) is 0 Å². The zero-order chi connectivity index (χ0) is 9.84. The maximum Gasteiger partial charge on any atom is 0.133 e. The molecule has 0 heterocycles. The van der Waals surface area contributed by atoms with Gasteiger partial charge in [0.05, 0.1) is 0 Å². The fourth-order valence-corrected chi connectivity index (χ4v) is 2.30. The molecule has 2 nitrogen and oxygen atoms in total. The van der Waals surface area contributed by atoms with E-state index in [1.54, 1.807) is 0 Å². The van der Waals surface area contributed by atoms with Gasteiger partial charge in [0, 0.05) is 24.9 Å². The van der Waals surface area contributed by atoms with E-state index in [0.29, 0.717) is 17.9 Å². The molecule has 0 amide bonds. The zero-order valence-corrected chi connectivity index (χ0v) is 9.05. The summed E-state index contributed by atoms with van der Waals surface area (Å²) >= 11 is 0. The summed E-state index contributed by atoms with van der Waals surface area (Å²) in [7, 11) is 0. The first-order valence-electron chi connectivity index (χ1n) is 5.42. The average molecular weight is 183 g/mol. The van der Waals surface area contributed by atoms with Crippen LogP contribution in [0, 0.1) is 0 Å². The van der Waals surface area contributed by atoms with Gasteiger partial charge in [-0.15, -0.1) is 0 Å². The van der Waals surface area contributed by atoms with Crippen molar-refractivity contribution in [2.75, 3.05) is 6.54 Å². The molecule has 0 N–H and O–H groups in total. The second-order valence-corrected chi connectivity index (χ2v) is 4.19. The van der Waals surface area contributed by atoms with E-state index < -0.39 is 0 Å². The summed E-state index contributed by atoms with van der Waals surface area (Å²) in [5, 5.41) is 0. The summed E-state index contributed by atoms with van der Waals surface area (Å²) in [6.07, 6.45) is 3.75. The molecule has 76 valence electrons. The highest BCUT2D eigenvalue weighted by molar-refractivity contribution is 5.79. The molecule has 1 rings (SSSR count). The standard InChI is InChI=1S/C11H21NO/c1-4-12(9(2)3)10-5-7-11(13)8-6-10/h9-10H,4-8H2,1-3H3. The summed E-state index contributed by atoms with van der Waals surface area (Å²) in [4.78, 5) is 13.6. The maximum atomic E-state index is 11.1. The second kappa shape index (κ2) is 4.75. The lowest BCUT2D eigenvalue weighted by Crippen LogP contribution is -2.42. The summed E-state index contributed by atoms with van der Waals surface area (Å²) in [5.74, 6) is 0.455. The van der Waals surface area contributed by atoms with Crippen LogP contribution < -0.4 is 0 Å². The number of Topliss-reactive ketones (excluding diaryl/α,β-unsaturated/α-hetero) is 1. The largest absolute Gasteiger partial charge is 0.300 e. The molecule has 0 aromatic carbocycles. The Morgan fingerprint density at radius 1 is 1.38 bits per heavy atom. The van der Waals surface area contributed by atoms with Gasteiger partial charge in [0.15, 0.2) is 0 Å². The van der Waals surface area contributed by atoms with E-state index in [-0.39, 0.29) is 0 Å². The van der Waals surface area contributed by atoms with Crippen molar-refractivity contribution in [1.82, 2.24) is 4.90 Å². The van der Waals surface area contributed by atoms with Gasteiger partial charge >= 0.3 is 0 Å². The molecule has 1 saturated carbocycles. The zero-order valence-electron chi connectivity index (χ0n) is 9.05. The first-order chi connectivity index (χ1) is 6.15. The van der Waals surface area contributed by atoms with Crippen LogP contribution in [0.3, 0.4) is 0 Å². The van der Waals surface area contributed by atoms with Crippen molar-refractivity contribution in [3.05, 3.63) is 0 Å². The highest BCUT2D eigenvalue weighted by Crippen LogP contribution is 2.21. The normalized spacial score (nSPS) is 20.2. The number of rotatable bonds is 3. The Morgan fingerprint density at radius 2 is 1.92 bits per heavy atom. The van der Waals surface area contributed by atoms with Crippen LogP contribution >= 0.6 is 0 Å². The van der Waals surface area contributed by atoms with Crippen LogP contribution in [0.4, 0.5) is 0 Å². The number of hydrogen-bond donors (Lipinski definition) is 0. The molecule has 2 heteroatoms. The lowest BCUT2D eigenvalue weighted by molar-refractivity contribution is -0.121. The first kappa shape index (κ1) is 10.7. The summed E-state index contributed by atoms with van der Waals surface area (Å²) in [6, 6.07) is 1.27. The molecule has 1 aliphatic rings. The summed E-state index contributed by atoms with van der Waals surface area (Å²) < 4.78 is 0. The Labute approximate surface area is 81.3 Å². The topological polar surface area (TPSA) is 20.3 Å². The van der Waals surface area contributed by atoms with Gasteiger partial charge in [-0.1, -0.05) is 6.92 Å². The molecular formula is C11H21NO. The van der Waals surface area contributed by atoms with E-state index in [4.69, 9.17) is 0 Å². The fraction of sp³-hybridized carbons (Fsp3) is 0.909. The summed E-state index contributed by atoms with van der Waals surface area (Å²) in [6.45, 7) is 7.78. The number of carbonyl (C=O) groups excluding carboxylic acids is 1. The van der Waals surface area contributed by atoms with Crippen LogP contribution in [0.25, 0.3) is 0 Å². The van der Waals surface area contributed by atoms with Crippen molar-refractivity contribution >= 4 is 5.78 Å². The SMILES string of the molecule is CCN(C(C)C)C1CCC(=O)CC1. The van der Waals surface area contributed by atoms with Crippen molar-refractivity contribution in [2.45, 2.75) is 58.5 Å². The number of nitrogens with zero attached hydrogens (tertiary/aromatic N) is 1. The monoisotopic (exact) mass is 183 g/mol. The molecule has 0 bridgehead atoms.